The number of anilines is 1. The van der Waals surface area contributed by atoms with E-state index in [0.29, 0.717) is 0 Å². The number of nitrogens with zero attached hydrogens (tertiary/aromatic N) is 2. The lowest BCUT2D eigenvalue weighted by atomic mass is 10.1. The summed E-state index contributed by atoms with van der Waals surface area (Å²) in [6.07, 6.45) is 2.20. The molecule has 0 saturated carbocycles. The van der Waals surface area contributed by atoms with Crippen molar-refractivity contribution in [2.45, 2.75) is 26.7 Å². The van der Waals surface area contributed by atoms with Crippen LogP contribution in [0, 0.1) is 6.92 Å². The van der Waals surface area contributed by atoms with Gasteiger partial charge < -0.3 is 9.80 Å². The van der Waals surface area contributed by atoms with Crippen molar-refractivity contribution in [1.29, 1.82) is 0 Å². The van der Waals surface area contributed by atoms with Crippen LogP contribution in [0.5, 0.6) is 0 Å². The molecule has 0 spiro atoms. The van der Waals surface area contributed by atoms with E-state index in [1.165, 1.54) is 11.3 Å². The van der Waals surface area contributed by atoms with E-state index in [2.05, 4.69) is 47.9 Å². The molecule has 0 unspecified atom stereocenters. The minimum Gasteiger partial charge on any atom is -0.368 e. The normalized spacial score (nSPS) is 15.9. The van der Waals surface area contributed by atoms with Gasteiger partial charge in [0.15, 0.2) is 0 Å². The van der Waals surface area contributed by atoms with Crippen LogP contribution in [0.25, 0.3) is 0 Å². The van der Waals surface area contributed by atoms with E-state index in [1.54, 1.807) is 0 Å². The molecular weight excluding hydrogens is 240 g/mol. The summed E-state index contributed by atoms with van der Waals surface area (Å²) >= 11 is 5.46. The third kappa shape index (κ3) is 3.02. The Kier molecular flexibility index (Phi) is 4.59. The van der Waals surface area contributed by atoms with Crippen molar-refractivity contribution in [3.63, 3.8) is 0 Å². The first-order valence-electron chi connectivity index (χ1n) is 6.80. The number of hydrogen-bond acceptors (Lipinski definition) is 2. The second-order valence-corrected chi connectivity index (χ2v) is 5.38. The zero-order chi connectivity index (χ0) is 13.0. The minimum atomic E-state index is 1.06. The lowest BCUT2D eigenvalue weighted by molar-refractivity contribution is 0.384. The van der Waals surface area contributed by atoms with Crippen LogP contribution >= 0.6 is 12.2 Å². The molecule has 0 aromatic heterocycles. The average molecular weight is 262 g/mol. The van der Waals surface area contributed by atoms with Crippen LogP contribution in [0.15, 0.2) is 24.3 Å². The van der Waals surface area contributed by atoms with Crippen molar-refractivity contribution in [3.8, 4) is 0 Å². The van der Waals surface area contributed by atoms with Gasteiger partial charge in [-0.3, -0.25) is 0 Å². The Bertz CT molecular complexity index is 409. The van der Waals surface area contributed by atoms with Crippen molar-refractivity contribution in [2.75, 3.05) is 31.1 Å². The number of benzene rings is 1. The fraction of sp³-hybridized carbons (Fsp3) is 0.533. The Hall–Kier alpha value is -1.09. The van der Waals surface area contributed by atoms with Gasteiger partial charge in [0.25, 0.3) is 0 Å². The smallest absolute Gasteiger partial charge is 0.0780 e. The Morgan fingerprint density at radius 3 is 2.44 bits per heavy atom. The summed E-state index contributed by atoms with van der Waals surface area (Å²) < 4.78 is 0. The summed E-state index contributed by atoms with van der Waals surface area (Å²) in [7, 11) is 0. The van der Waals surface area contributed by atoms with Crippen molar-refractivity contribution in [2.24, 2.45) is 0 Å². The SMILES string of the molecule is CCCC(=S)N1CCN(c2ccccc2C)CC1. The first-order chi connectivity index (χ1) is 8.72. The molecule has 1 fully saturated rings. The Morgan fingerprint density at radius 1 is 1.17 bits per heavy atom. The van der Waals surface area contributed by atoms with E-state index in [-0.39, 0.29) is 0 Å². The monoisotopic (exact) mass is 262 g/mol. The summed E-state index contributed by atoms with van der Waals surface area (Å²) in [4.78, 5) is 5.98. The summed E-state index contributed by atoms with van der Waals surface area (Å²) in [5, 5.41) is 0. The van der Waals surface area contributed by atoms with Crippen LogP contribution in [-0.4, -0.2) is 36.1 Å². The van der Waals surface area contributed by atoms with Gasteiger partial charge in [-0.25, -0.2) is 0 Å². The molecule has 0 bridgehead atoms. The second kappa shape index (κ2) is 6.19. The number of para-hydroxylation sites is 1. The molecule has 3 heteroatoms. The van der Waals surface area contributed by atoms with Gasteiger partial charge in [-0.2, -0.15) is 0 Å². The van der Waals surface area contributed by atoms with Gasteiger partial charge in [0.05, 0.1) is 4.99 Å². The van der Waals surface area contributed by atoms with Gasteiger partial charge >= 0.3 is 0 Å². The van der Waals surface area contributed by atoms with Crippen LogP contribution in [-0.2, 0) is 0 Å². The van der Waals surface area contributed by atoms with Gasteiger partial charge in [-0.05, 0) is 31.4 Å². The molecule has 0 N–H and O–H groups in total. The highest BCUT2D eigenvalue weighted by Gasteiger charge is 2.19. The molecule has 1 aliphatic heterocycles. The highest BCUT2D eigenvalue weighted by atomic mass is 32.1. The largest absolute Gasteiger partial charge is 0.368 e. The standard InChI is InChI=1S/C15H22N2S/c1-3-6-15(18)17-11-9-16(10-12-17)14-8-5-4-7-13(14)2/h4-5,7-8H,3,6,9-12H2,1-2H3. The number of aryl methyl sites for hydroxylation is 1. The molecule has 1 aromatic rings. The quantitative estimate of drug-likeness (QED) is 0.772. The van der Waals surface area contributed by atoms with E-state index < -0.39 is 0 Å². The zero-order valence-electron chi connectivity index (χ0n) is 11.4. The molecule has 98 valence electrons. The zero-order valence-corrected chi connectivity index (χ0v) is 12.2. The summed E-state index contributed by atoms with van der Waals surface area (Å²) in [6, 6.07) is 8.63. The molecule has 1 aromatic carbocycles. The minimum absolute atomic E-state index is 1.06. The number of rotatable bonds is 3. The molecule has 1 aliphatic rings. The van der Waals surface area contributed by atoms with Gasteiger partial charge in [0, 0.05) is 31.9 Å². The first-order valence-corrected chi connectivity index (χ1v) is 7.21. The molecule has 1 heterocycles. The topological polar surface area (TPSA) is 6.48 Å². The molecule has 0 aliphatic carbocycles. The lowest BCUT2D eigenvalue weighted by Crippen LogP contribution is -2.48. The summed E-state index contributed by atoms with van der Waals surface area (Å²) in [5.41, 5.74) is 2.74. The highest BCUT2D eigenvalue weighted by molar-refractivity contribution is 7.80. The van der Waals surface area contributed by atoms with E-state index in [0.717, 1.165) is 44.0 Å². The predicted molar refractivity (Wildman–Crippen MR) is 82.5 cm³/mol. The fourth-order valence-corrected chi connectivity index (χ4v) is 2.87. The maximum Gasteiger partial charge on any atom is 0.0780 e. The van der Waals surface area contributed by atoms with Gasteiger partial charge in [0.2, 0.25) is 0 Å². The van der Waals surface area contributed by atoms with Crippen LogP contribution in [0.1, 0.15) is 25.3 Å². The van der Waals surface area contributed by atoms with Crippen LogP contribution < -0.4 is 4.90 Å². The van der Waals surface area contributed by atoms with Gasteiger partial charge in [-0.1, -0.05) is 37.3 Å². The molecule has 0 amide bonds. The molecule has 2 rings (SSSR count). The first kappa shape index (κ1) is 13.3. The number of hydrogen-bond donors (Lipinski definition) is 0. The number of piperazine rings is 1. The van der Waals surface area contributed by atoms with Crippen molar-refractivity contribution < 1.29 is 0 Å². The van der Waals surface area contributed by atoms with Crippen LogP contribution in [0.4, 0.5) is 5.69 Å². The maximum absolute atomic E-state index is 5.46. The van der Waals surface area contributed by atoms with Gasteiger partial charge in [-0.15, -0.1) is 0 Å². The lowest BCUT2D eigenvalue weighted by Gasteiger charge is -2.38. The Morgan fingerprint density at radius 2 is 1.83 bits per heavy atom. The molecule has 1 saturated heterocycles. The summed E-state index contributed by atoms with van der Waals surface area (Å²) in [6.45, 7) is 8.66. The van der Waals surface area contributed by atoms with Crippen molar-refractivity contribution in [3.05, 3.63) is 29.8 Å². The summed E-state index contributed by atoms with van der Waals surface area (Å²) in [5.74, 6) is 0. The molecule has 0 atom stereocenters. The van der Waals surface area contributed by atoms with E-state index in [1.807, 2.05) is 0 Å². The Labute approximate surface area is 116 Å². The average Bonchev–Trinajstić information content (AvgIpc) is 2.40. The molecular formula is C15H22N2S. The van der Waals surface area contributed by atoms with Gasteiger partial charge in [0.1, 0.15) is 0 Å². The fourth-order valence-electron chi connectivity index (χ4n) is 2.49. The third-order valence-corrected chi connectivity index (χ3v) is 4.01. The van der Waals surface area contributed by atoms with Crippen molar-refractivity contribution in [1.82, 2.24) is 4.90 Å². The Balaban J connectivity index is 1.95. The van der Waals surface area contributed by atoms with Crippen molar-refractivity contribution >= 4 is 22.9 Å². The van der Waals surface area contributed by atoms with Crippen LogP contribution in [0.2, 0.25) is 0 Å². The molecule has 0 radical (unpaired) electrons. The molecule has 2 nitrogen and oxygen atoms in total. The third-order valence-electron chi connectivity index (χ3n) is 3.55. The predicted octanol–water partition coefficient (Wildman–Crippen LogP) is 3.24. The van der Waals surface area contributed by atoms with E-state index in [9.17, 15) is 0 Å². The second-order valence-electron chi connectivity index (χ2n) is 4.90. The van der Waals surface area contributed by atoms with E-state index >= 15 is 0 Å². The highest BCUT2D eigenvalue weighted by Crippen LogP contribution is 2.21. The maximum atomic E-state index is 5.46. The number of thiocarbonyl (C=S) groups is 1. The van der Waals surface area contributed by atoms with E-state index in [4.69, 9.17) is 12.2 Å². The van der Waals surface area contributed by atoms with Crippen LogP contribution in [0.3, 0.4) is 0 Å². The molecule has 18 heavy (non-hydrogen) atoms.